The summed E-state index contributed by atoms with van der Waals surface area (Å²) in [4.78, 5) is 65.5. The SMILES string of the molecule is O=C([O-])CC(CC(=O)O)(OC(=O)CC(O)(CC(=O)O)C(=O)O)C(=O)[O-].[K+].[K+]. The number of aliphatic carboxylic acids is 5. The van der Waals surface area contributed by atoms with Gasteiger partial charge in [-0.05, 0) is 0 Å². The zero-order valence-electron chi connectivity index (χ0n) is 14.3. The van der Waals surface area contributed by atoms with Gasteiger partial charge in [0, 0.05) is 12.4 Å². The number of carboxylic acids is 5. The molecule has 4 N–H and O–H groups in total. The second-order valence-corrected chi connectivity index (χ2v) is 4.96. The van der Waals surface area contributed by atoms with Gasteiger partial charge in [-0.15, -0.1) is 0 Å². The molecule has 15 heteroatoms. The summed E-state index contributed by atoms with van der Waals surface area (Å²) >= 11 is 0. The molecule has 0 aromatic rings. The number of rotatable bonds is 11. The van der Waals surface area contributed by atoms with Gasteiger partial charge in [0.25, 0.3) is 0 Å². The van der Waals surface area contributed by atoms with Crippen molar-refractivity contribution >= 4 is 35.8 Å². The molecule has 0 amide bonds. The Morgan fingerprint density at radius 1 is 0.778 bits per heavy atom. The Morgan fingerprint density at radius 3 is 1.52 bits per heavy atom. The van der Waals surface area contributed by atoms with Gasteiger partial charge in [-0.1, -0.05) is 0 Å². The van der Waals surface area contributed by atoms with E-state index >= 15 is 0 Å². The average Bonchev–Trinajstić information content (AvgIpc) is 2.34. The molecule has 0 saturated heterocycles. The van der Waals surface area contributed by atoms with Crippen LogP contribution in [0.5, 0.6) is 0 Å². The van der Waals surface area contributed by atoms with Gasteiger partial charge in [0.15, 0.2) is 11.2 Å². The Labute approximate surface area is 235 Å². The van der Waals surface area contributed by atoms with Crippen molar-refractivity contribution in [3.05, 3.63) is 0 Å². The maximum atomic E-state index is 11.7. The van der Waals surface area contributed by atoms with Crippen LogP contribution in [0.3, 0.4) is 0 Å². The van der Waals surface area contributed by atoms with E-state index in [9.17, 15) is 44.1 Å². The zero-order chi connectivity index (χ0) is 20.0. The van der Waals surface area contributed by atoms with Gasteiger partial charge < -0.3 is 45.0 Å². The first-order chi connectivity index (χ1) is 11.2. The maximum absolute atomic E-state index is 11.7. The molecule has 0 aliphatic carbocycles. The molecule has 0 aliphatic heterocycles. The van der Waals surface area contributed by atoms with Crippen LogP contribution in [0.4, 0.5) is 0 Å². The van der Waals surface area contributed by atoms with Crippen LogP contribution in [0.2, 0.25) is 0 Å². The minimum Gasteiger partial charge on any atom is -0.550 e. The molecular formula is C12H12K2O13. The number of ether oxygens (including phenoxy) is 1. The number of hydrogen-bond acceptors (Lipinski definition) is 10. The summed E-state index contributed by atoms with van der Waals surface area (Å²) in [5.41, 5.74) is -6.45. The Morgan fingerprint density at radius 2 is 1.22 bits per heavy atom. The Kier molecular flexibility index (Phi) is 15.6. The monoisotopic (exact) mass is 442 g/mol. The predicted octanol–water partition coefficient (Wildman–Crippen LogP) is -10.7. The zero-order valence-corrected chi connectivity index (χ0v) is 20.5. The van der Waals surface area contributed by atoms with Gasteiger partial charge in [0.2, 0.25) is 0 Å². The number of hydrogen-bond donors (Lipinski definition) is 4. The summed E-state index contributed by atoms with van der Waals surface area (Å²) in [7, 11) is 0. The quantitative estimate of drug-likeness (QED) is 0.172. The fraction of sp³-hybridized carbons (Fsp3) is 0.500. The van der Waals surface area contributed by atoms with Crippen molar-refractivity contribution in [2.24, 2.45) is 0 Å². The van der Waals surface area contributed by atoms with Crippen LogP contribution >= 0.6 is 0 Å². The third-order valence-electron chi connectivity index (χ3n) is 2.83. The Hall–Kier alpha value is 0.0527. The molecule has 0 aromatic carbocycles. The smallest absolute Gasteiger partial charge is 0.550 e. The molecular weight excluding hydrogens is 430 g/mol. The van der Waals surface area contributed by atoms with E-state index in [2.05, 4.69) is 4.74 Å². The summed E-state index contributed by atoms with van der Waals surface area (Å²) in [6, 6.07) is 0. The molecule has 140 valence electrons. The van der Waals surface area contributed by atoms with E-state index in [0.717, 1.165) is 0 Å². The number of carbonyl (C=O) groups excluding carboxylic acids is 3. The molecule has 0 aromatic heterocycles. The number of carbonyl (C=O) groups is 6. The molecule has 2 atom stereocenters. The molecule has 0 bridgehead atoms. The van der Waals surface area contributed by atoms with E-state index in [1.165, 1.54) is 0 Å². The van der Waals surface area contributed by atoms with Crippen LogP contribution in [0.25, 0.3) is 0 Å². The minimum absolute atomic E-state index is 0. The third kappa shape index (κ3) is 11.0. The number of carboxylic acid groups (broad SMARTS) is 5. The van der Waals surface area contributed by atoms with Crippen molar-refractivity contribution in [3.8, 4) is 0 Å². The minimum atomic E-state index is -3.25. The normalized spacial score (nSPS) is 14.1. The first kappa shape index (κ1) is 31.7. The first-order valence-corrected chi connectivity index (χ1v) is 6.26. The van der Waals surface area contributed by atoms with Gasteiger partial charge in [0.1, 0.15) is 0 Å². The van der Waals surface area contributed by atoms with E-state index in [1.54, 1.807) is 0 Å². The van der Waals surface area contributed by atoms with E-state index < -0.39 is 72.7 Å². The summed E-state index contributed by atoms with van der Waals surface area (Å²) < 4.78 is 4.23. The standard InChI is InChI=1S/C12H14O13.2K/c13-5(14)1-11(24,9(20)21)4-8(19)25-12(10(22)23,2-6(15)16)3-7(17)18;;/h24H,1-4H2,(H,13,14)(H,15,16)(H,17,18)(H,20,21)(H,22,23);;/q;2*+1/p-2. The van der Waals surface area contributed by atoms with Crippen LogP contribution in [-0.2, 0) is 33.5 Å². The molecule has 0 saturated carbocycles. The number of esters is 1. The van der Waals surface area contributed by atoms with Crippen LogP contribution in [0, 0.1) is 0 Å². The van der Waals surface area contributed by atoms with Gasteiger partial charge >= 0.3 is 127 Å². The third-order valence-corrected chi connectivity index (χ3v) is 2.83. The molecule has 2 unspecified atom stereocenters. The van der Waals surface area contributed by atoms with Gasteiger partial charge in [-0.3, -0.25) is 14.4 Å². The van der Waals surface area contributed by atoms with Crippen LogP contribution in [0.1, 0.15) is 25.7 Å². The van der Waals surface area contributed by atoms with Crippen molar-refractivity contribution in [2.45, 2.75) is 36.9 Å². The molecule has 0 rings (SSSR count). The average molecular weight is 442 g/mol. The Bertz CT molecular complexity index is 600. The molecule has 0 fully saturated rings. The fourth-order valence-corrected chi connectivity index (χ4v) is 1.75. The summed E-state index contributed by atoms with van der Waals surface area (Å²) in [5, 5.41) is 57.3. The van der Waals surface area contributed by atoms with Crippen molar-refractivity contribution in [1.29, 1.82) is 0 Å². The summed E-state index contributed by atoms with van der Waals surface area (Å²) in [6.45, 7) is 0. The largest absolute Gasteiger partial charge is 1.00 e. The first-order valence-electron chi connectivity index (χ1n) is 6.26. The Balaban J connectivity index is -0.00000288. The maximum Gasteiger partial charge on any atom is 1.00 e. The van der Waals surface area contributed by atoms with Crippen molar-refractivity contribution in [2.75, 3.05) is 0 Å². The van der Waals surface area contributed by atoms with E-state index in [1.807, 2.05) is 0 Å². The van der Waals surface area contributed by atoms with Crippen LogP contribution < -0.4 is 113 Å². The second kappa shape index (κ2) is 13.3. The second-order valence-electron chi connectivity index (χ2n) is 4.96. The predicted molar refractivity (Wildman–Crippen MR) is 65.2 cm³/mol. The van der Waals surface area contributed by atoms with Gasteiger partial charge in [-0.25, -0.2) is 4.79 Å². The molecule has 0 spiro atoms. The topological polar surface area (TPSA) is 239 Å². The molecule has 0 aliphatic rings. The fourth-order valence-electron chi connectivity index (χ4n) is 1.75. The molecule has 27 heavy (non-hydrogen) atoms. The van der Waals surface area contributed by atoms with E-state index in [0.29, 0.717) is 0 Å². The molecule has 0 heterocycles. The van der Waals surface area contributed by atoms with Gasteiger partial charge in [0.05, 0.1) is 25.2 Å². The number of aliphatic hydroxyl groups is 1. The van der Waals surface area contributed by atoms with Crippen molar-refractivity contribution in [1.82, 2.24) is 0 Å². The van der Waals surface area contributed by atoms with Crippen LogP contribution in [0.15, 0.2) is 0 Å². The van der Waals surface area contributed by atoms with E-state index in [4.69, 9.17) is 15.3 Å². The van der Waals surface area contributed by atoms with E-state index in [-0.39, 0.29) is 103 Å². The molecule has 13 nitrogen and oxygen atoms in total. The van der Waals surface area contributed by atoms with Crippen LogP contribution in [-0.4, -0.2) is 67.4 Å². The summed E-state index contributed by atoms with van der Waals surface area (Å²) in [5.74, 6) is -12.3. The molecule has 0 radical (unpaired) electrons. The van der Waals surface area contributed by atoms with Crippen molar-refractivity contribution in [3.63, 3.8) is 0 Å². The summed E-state index contributed by atoms with van der Waals surface area (Å²) in [6.07, 6.45) is -6.29. The van der Waals surface area contributed by atoms with Gasteiger partial charge in [-0.2, -0.15) is 0 Å². The van der Waals surface area contributed by atoms with Crippen molar-refractivity contribution < 1.29 is 167 Å².